The Morgan fingerprint density at radius 1 is 0.704 bits per heavy atom. The first kappa shape index (κ1) is 51.5. The molecule has 0 aliphatic carbocycles. The fourth-order valence-electron chi connectivity index (χ4n) is 4.16. The number of nitrogens with two attached hydrogens (primary N) is 2. The van der Waals surface area contributed by atoms with Crippen molar-refractivity contribution in [2.75, 3.05) is 26.3 Å². The number of halogens is 3. The van der Waals surface area contributed by atoms with E-state index in [4.69, 9.17) is 26.5 Å². The molecule has 0 heterocycles. The summed E-state index contributed by atoms with van der Waals surface area (Å²) in [5.74, 6) is -9.21. The molecule has 0 aliphatic rings. The van der Waals surface area contributed by atoms with Crippen molar-refractivity contribution in [3.05, 3.63) is 0 Å². The molecule has 0 aromatic rings. The van der Waals surface area contributed by atoms with Gasteiger partial charge in [-0.25, -0.2) is 9.59 Å². The summed E-state index contributed by atoms with van der Waals surface area (Å²) in [5.41, 5.74) is 10.9. The normalized spacial score (nSPS) is 15.0. The minimum Gasteiger partial charge on any atom is -0.480 e. The Morgan fingerprint density at radius 3 is 1.69 bits per heavy atom. The molecule has 0 unspecified atom stereocenters. The number of aliphatic hydroxyl groups excluding tert-OH is 2. The quantitative estimate of drug-likeness (QED) is 0.0454. The lowest BCUT2D eigenvalue weighted by Crippen LogP contribution is -2.59. The summed E-state index contributed by atoms with van der Waals surface area (Å²) in [7, 11) is 0. The number of amides is 6. The second-order valence-electron chi connectivity index (χ2n) is 12.6. The average Bonchev–Trinajstić information content (AvgIpc) is 3.09. The van der Waals surface area contributed by atoms with Crippen LogP contribution in [-0.4, -0.2) is 137 Å². The van der Waals surface area contributed by atoms with E-state index in [1.807, 2.05) is 0 Å². The summed E-state index contributed by atoms with van der Waals surface area (Å²) in [4.78, 5) is 96.5. The molecule has 0 saturated heterocycles. The Morgan fingerprint density at radius 2 is 1.24 bits per heavy atom. The van der Waals surface area contributed by atoms with Crippen LogP contribution in [-0.2, 0) is 38.4 Å². The molecule has 0 spiro atoms. The van der Waals surface area contributed by atoms with Crippen molar-refractivity contribution in [1.29, 1.82) is 0 Å². The maximum atomic E-state index is 13.1. The molecule has 0 bridgehead atoms. The van der Waals surface area contributed by atoms with Crippen molar-refractivity contribution in [1.82, 2.24) is 31.9 Å². The zero-order valence-electron chi connectivity index (χ0n) is 30.8. The first-order valence-electron chi connectivity index (χ1n) is 17.0. The number of carbonyl (C=O) groups is 8. The number of alkyl halides is 3. The van der Waals surface area contributed by atoms with Crippen LogP contribution in [0.1, 0.15) is 66.7 Å². The topological polar surface area (TPSA) is 342 Å². The van der Waals surface area contributed by atoms with Gasteiger partial charge >= 0.3 is 18.1 Å². The fourth-order valence-corrected chi connectivity index (χ4v) is 4.16. The number of hydrogen-bond acceptors (Lipinski definition) is 12. The molecule has 20 nitrogen and oxygen atoms in total. The highest BCUT2D eigenvalue weighted by atomic mass is 19.4. The SMILES string of the molecule is CC[C@H](C)[C@H](NC(=O)[C@@H](N)CO)C(=O)NCC(=O)N[C@@H](CO)C(=O)N[C@@H](CC(C)C)C(=O)N[C@@H](C)C(=O)N[C@@H](CCCCN)C(=O)O.O=C(O)C(F)(F)F. The van der Waals surface area contributed by atoms with Crippen LogP contribution in [0.15, 0.2) is 0 Å². The van der Waals surface area contributed by atoms with Crippen molar-refractivity contribution in [3.63, 3.8) is 0 Å². The highest BCUT2D eigenvalue weighted by Crippen LogP contribution is 2.13. The number of rotatable bonds is 23. The number of aliphatic carboxylic acids is 2. The molecule has 14 N–H and O–H groups in total. The lowest BCUT2D eigenvalue weighted by atomic mass is 9.98. The lowest BCUT2D eigenvalue weighted by Gasteiger charge is -2.26. The molecule has 54 heavy (non-hydrogen) atoms. The van der Waals surface area contributed by atoms with Crippen LogP contribution in [0.5, 0.6) is 0 Å². The standard InChI is InChI=1S/C29H54N8O10.C2HF3O2/c1-6-16(4)23(37-25(42)18(31)13-38)28(45)32-12-22(40)34-21(14-39)27(44)36-20(11-15(2)3)26(43)33-17(5)24(41)35-19(29(46)47)9-7-8-10-30;3-2(4,5)1(6)7/h15-21,23,38-39H,6-14,30-31H2,1-5H3,(H,32,45)(H,33,43)(H,34,40)(H,35,41)(H,36,44)(H,37,42)(H,46,47);(H,6,7)/t16-,17-,18-,19-,20-,21-,23-;/m0./s1. The van der Waals surface area contributed by atoms with E-state index >= 15 is 0 Å². The largest absolute Gasteiger partial charge is 0.490 e. The third-order valence-corrected chi connectivity index (χ3v) is 7.48. The maximum absolute atomic E-state index is 13.1. The molecule has 7 atom stereocenters. The molecule has 0 rings (SSSR count). The van der Waals surface area contributed by atoms with Gasteiger partial charge in [-0.05, 0) is 51.0 Å². The van der Waals surface area contributed by atoms with Gasteiger partial charge in [0.1, 0.15) is 36.3 Å². The third kappa shape index (κ3) is 21.2. The molecule has 0 aromatic heterocycles. The predicted octanol–water partition coefficient (Wildman–Crippen LogP) is -3.20. The zero-order chi connectivity index (χ0) is 42.3. The zero-order valence-corrected chi connectivity index (χ0v) is 30.8. The maximum Gasteiger partial charge on any atom is 0.490 e. The van der Waals surface area contributed by atoms with Crippen LogP contribution in [0, 0.1) is 11.8 Å². The molecular formula is C31H55F3N8O12. The van der Waals surface area contributed by atoms with Crippen molar-refractivity contribution >= 4 is 47.4 Å². The highest BCUT2D eigenvalue weighted by molar-refractivity contribution is 5.96. The molecule has 0 radical (unpaired) electrons. The van der Waals surface area contributed by atoms with Gasteiger partial charge in [0.05, 0.1) is 19.8 Å². The highest BCUT2D eigenvalue weighted by Gasteiger charge is 2.38. The van der Waals surface area contributed by atoms with E-state index in [1.54, 1.807) is 27.7 Å². The third-order valence-electron chi connectivity index (χ3n) is 7.48. The molecule has 23 heteroatoms. The molecule has 312 valence electrons. The minimum absolute atomic E-state index is 0.114. The van der Waals surface area contributed by atoms with Gasteiger partial charge in [0, 0.05) is 0 Å². The number of aliphatic hydroxyl groups is 2. The first-order valence-corrected chi connectivity index (χ1v) is 17.0. The second kappa shape index (κ2) is 26.2. The Balaban J connectivity index is 0. The molecule has 0 fully saturated rings. The summed E-state index contributed by atoms with van der Waals surface area (Å²) >= 11 is 0. The number of carboxylic acid groups (broad SMARTS) is 2. The smallest absolute Gasteiger partial charge is 0.480 e. The molecule has 0 saturated carbocycles. The predicted molar refractivity (Wildman–Crippen MR) is 184 cm³/mol. The van der Waals surface area contributed by atoms with Gasteiger partial charge < -0.3 is 63.8 Å². The van der Waals surface area contributed by atoms with Crippen molar-refractivity contribution < 1.29 is 72.0 Å². The van der Waals surface area contributed by atoms with Crippen molar-refractivity contribution in [2.45, 2.75) is 109 Å². The number of hydrogen-bond donors (Lipinski definition) is 12. The van der Waals surface area contributed by atoms with Gasteiger partial charge in [0.15, 0.2) is 0 Å². The number of carbonyl (C=O) groups excluding carboxylic acids is 6. The van der Waals surface area contributed by atoms with Gasteiger partial charge in [-0.15, -0.1) is 0 Å². The van der Waals surface area contributed by atoms with E-state index in [-0.39, 0.29) is 24.7 Å². The van der Waals surface area contributed by atoms with Crippen LogP contribution in [0.2, 0.25) is 0 Å². The number of nitrogens with one attached hydrogen (secondary N) is 6. The molecule has 6 amide bonds. The van der Waals surface area contributed by atoms with E-state index in [1.165, 1.54) is 6.92 Å². The fraction of sp³-hybridized carbons (Fsp3) is 0.742. The van der Waals surface area contributed by atoms with Gasteiger partial charge in [-0.1, -0.05) is 34.1 Å². The lowest BCUT2D eigenvalue weighted by molar-refractivity contribution is -0.192. The summed E-state index contributed by atoms with van der Waals surface area (Å²) < 4.78 is 31.7. The summed E-state index contributed by atoms with van der Waals surface area (Å²) in [6, 6.07) is -7.35. The number of carboxylic acids is 2. The first-order chi connectivity index (χ1) is 25.0. The van der Waals surface area contributed by atoms with Crippen molar-refractivity contribution in [2.24, 2.45) is 23.3 Å². The van der Waals surface area contributed by atoms with E-state index in [9.17, 15) is 56.9 Å². The Hall–Kier alpha value is -4.61. The molecule has 0 aliphatic heterocycles. The Bertz CT molecular complexity index is 1260. The van der Waals surface area contributed by atoms with Gasteiger partial charge in [-0.3, -0.25) is 28.8 Å². The second-order valence-corrected chi connectivity index (χ2v) is 12.6. The van der Waals surface area contributed by atoms with E-state index in [2.05, 4.69) is 31.9 Å². The summed E-state index contributed by atoms with van der Waals surface area (Å²) in [6.45, 7) is 6.64. The minimum atomic E-state index is -5.08. The van der Waals surface area contributed by atoms with Gasteiger partial charge in [0.25, 0.3) is 0 Å². The van der Waals surface area contributed by atoms with Gasteiger partial charge in [0.2, 0.25) is 35.4 Å². The average molecular weight is 789 g/mol. The van der Waals surface area contributed by atoms with Crippen molar-refractivity contribution in [3.8, 4) is 0 Å². The summed E-state index contributed by atoms with van der Waals surface area (Å²) in [6.07, 6.45) is -3.28. The van der Waals surface area contributed by atoms with Gasteiger partial charge in [-0.2, -0.15) is 13.2 Å². The number of unbranched alkanes of at least 4 members (excludes halogenated alkanes) is 1. The van der Waals surface area contributed by atoms with Crippen LogP contribution in [0.3, 0.4) is 0 Å². The summed E-state index contributed by atoms with van der Waals surface area (Å²) in [5, 5.41) is 49.8. The Kier molecular flexibility index (Phi) is 25.0. The van der Waals surface area contributed by atoms with E-state index < -0.39 is 110 Å². The van der Waals surface area contributed by atoms with Crippen LogP contribution >= 0.6 is 0 Å². The monoisotopic (exact) mass is 788 g/mol. The van der Waals surface area contributed by atoms with Crippen LogP contribution in [0.4, 0.5) is 13.2 Å². The van der Waals surface area contributed by atoms with Crippen LogP contribution < -0.4 is 43.4 Å². The molecule has 0 aromatic carbocycles. The van der Waals surface area contributed by atoms with E-state index in [0.29, 0.717) is 25.8 Å². The van der Waals surface area contributed by atoms with E-state index in [0.717, 1.165) is 0 Å². The van der Waals surface area contributed by atoms with Crippen LogP contribution in [0.25, 0.3) is 0 Å². The molecular weight excluding hydrogens is 733 g/mol. The Labute approximate surface area is 310 Å².